The van der Waals surface area contributed by atoms with Gasteiger partial charge < -0.3 is 4.90 Å². The van der Waals surface area contributed by atoms with Gasteiger partial charge in [0.15, 0.2) is 0 Å². The van der Waals surface area contributed by atoms with Gasteiger partial charge in [-0.2, -0.15) is 4.31 Å². The van der Waals surface area contributed by atoms with E-state index < -0.39 is 10.0 Å². The lowest BCUT2D eigenvalue weighted by molar-refractivity contribution is -0.116. The Labute approximate surface area is 175 Å². The molecule has 0 aliphatic carbocycles. The molecule has 0 atom stereocenters. The third-order valence-electron chi connectivity index (χ3n) is 5.01. The number of piperidine rings is 1. The Bertz CT molecular complexity index is 1000. The minimum absolute atomic E-state index is 0.0308. The fourth-order valence-corrected chi connectivity index (χ4v) is 7.23. The van der Waals surface area contributed by atoms with E-state index in [4.69, 9.17) is 0 Å². The van der Waals surface area contributed by atoms with Crippen molar-refractivity contribution in [1.29, 1.82) is 0 Å². The molecule has 1 aromatic carbocycles. The van der Waals surface area contributed by atoms with Gasteiger partial charge in [0.25, 0.3) is 15.9 Å². The highest BCUT2D eigenvalue weighted by Crippen LogP contribution is 2.31. The molecular weight excluding hydrogens is 466 g/mol. The highest BCUT2D eigenvalue weighted by molar-refractivity contribution is 9.11. The predicted molar refractivity (Wildman–Crippen MR) is 110 cm³/mol. The van der Waals surface area contributed by atoms with E-state index >= 15 is 0 Å². The second-order valence-corrected chi connectivity index (χ2v) is 11.3. The molecule has 0 radical (unpaired) electrons. The van der Waals surface area contributed by atoms with E-state index in [1.807, 2.05) is 6.07 Å². The standard InChI is InChI=1S/C18H18BrN3O4S2/c19-15-6-7-17(27-15)28(25,26)20-10-8-13(9-11-20)21-12-16(23)22(18(21)24)14-4-2-1-3-5-14/h1-7,13H,8-12H2. The van der Waals surface area contributed by atoms with Gasteiger partial charge in [-0.1, -0.05) is 18.2 Å². The lowest BCUT2D eigenvalue weighted by Gasteiger charge is -2.35. The average Bonchev–Trinajstić information content (AvgIpc) is 3.26. The van der Waals surface area contributed by atoms with Crippen LogP contribution in [-0.4, -0.2) is 55.2 Å². The van der Waals surface area contributed by atoms with Gasteiger partial charge in [-0.3, -0.25) is 4.79 Å². The van der Waals surface area contributed by atoms with Crippen LogP contribution < -0.4 is 4.90 Å². The Hall–Kier alpha value is -1.75. The molecule has 148 valence electrons. The number of benzene rings is 1. The van der Waals surface area contributed by atoms with Crippen molar-refractivity contribution < 1.29 is 18.0 Å². The van der Waals surface area contributed by atoms with Gasteiger partial charge >= 0.3 is 6.03 Å². The number of imide groups is 1. The van der Waals surface area contributed by atoms with E-state index in [0.29, 0.717) is 35.8 Å². The van der Waals surface area contributed by atoms with Crippen LogP contribution in [0, 0.1) is 0 Å². The smallest absolute Gasteiger partial charge is 0.312 e. The zero-order valence-corrected chi connectivity index (χ0v) is 18.0. The monoisotopic (exact) mass is 483 g/mol. The highest BCUT2D eigenvalue weighted by atomic mass is 79.9. The van der Waals surface area contributed by atoms with Gasteiger partial charge in [0.2, 0.25) is 0 Å². The fraction of sp³-hybridized carbons (Fsp3) is 0.333. The van der Waals surface area contributed by atoms with Crippen LogP contribution in [-0.2, 0) is 14.8 Å². The van der Waals surface area contributed by atoms with Crippen molar-refractivity contribution in [2.75, 3.05) is 24.5 Å². The minimum atomic E-state index is -3.53. The molecule has 2 fully saturated rings. The second kappa shape index (κ2) is 7.58. The quantitative estimate of drug-likeness (QED) is 0.625. The number of carbonyl (C=O) groups is 2. The van der Waals surface area contributed by atoms with Crippen LogP contribution in [0.15, 0.2) is 50.5 Å². The van der Waals surface area contributed by atoms with E-state index in [9.17, 15) is 18.0 Å². The van der Waals surface area contributed by atoms with Gasteiger partial charge in [0, 0.05) is 19.1 Å². The number of carbonyl (C=O) groups excluding carboxylic acids is 2. The van der Waals surface area contributed by atoms with Crippen LogP contribution in [0.3, 0.4) is 0 Å². The molecule has 1 aromatic heterocycles. The molecule has 7 nitrogen and oxygen atoms in total. The topological polar surface area (TPSA) is 78.0 Å². The number of rotatable bonds is 4. The van der Waals surface area contributed by atoms with E-state index in [1.54, 1.807) is 41.3 Å². The van der Waals surface area contributed by atoms with Crippen molar-refractivity contribution in [2.24, 2.45) is 0 Å². The summed E-state index contributed by atoms with van der Waals surface area (Å²) in [7, 11) is -3.53. The first-order chi connectivity index (χ1) is 13.4. The van der Waals surface area contributed by atoms with Gasteiger partial charge in [-0.15, -0.1) is 11.3 Å². The SMILES string of the molecule is O=C1CN(C2CCN(S(=O)(=O)c3ccc(Br)s3)CC2)C(=O)N1c1ccccc1. The molecule has 2 aromatic rings. The molecule has 2 aliphatic rings. The first-order valence-electron chi connectivity index (χ1n) is 8.82. The van der Waals surface area contributed by atoms with E-state index in [2.05, 4.69) is 15.9 Å². The second-order valence-electron chi connectivity index (χ2n) is 6.67. The highest BCUT2D eigenvalue weighted by Gasteiger charge is 2.42. The average molecular weight is 484 g/mol. The predicted octanol–water partition coefficient (Wildman–Crippen LogP) is 3.13. The molecule has 2 aliphatic heterocycles. The Morgan fingerprint density at radius 2 is 1.68 bits per heavy atom. The Morgan fingerprint density at radius 3 is 2.29 bits per heavy atom. The molecule has 0 spiro atoms. The Balaban J connectivity index is 1.44. The van der Waals surface area contributed by atoms with Crippen LogP contribution in [0.5, 0.6) is 0 Å². The summed E-state index contributed by atoms with van der Waals surface area (Å²) in [5.41, 5.74) is 0.559. The number of urea groups is 1. The molecule has 0 bridgehead atoms. The number of amides is 3. The molecule has 4 rings (SSSR count). The number of nitrogens with zero attached hydrogens (tertiary/aromatic N) is 3. The number of para-hydroxylation sites is 1. The van der Waals surface area contributed by atoms with Crippen molar-refractivity contribution in [2.45, 2.75) is 23.1 Å². The van der Waals surface area contributed by atoms with Crippen LogP contribution in [0.4, 0.5) is 10.5 Å². The number of hydrogen-bond donors (Lipinski definition) is 0. The molecule has 0 N–H and O–H groups in total. The first-order valence-corrected chi connectivity index (χ1v) is 11.9. The molecule has 2 saturated heterocycles. The minimum Gasteiger partial charge on any atom is -0.312 e. The van der Waals surface area contributed by atoms with Crippen LogP contribution >= 0.6 is 27.3 Å². The van der Waals surface area contributed by atoms with Gasteiger partial charge in [0.1, 0.15) is 10.8 Å². The maximum atomic E-state index is 12.8. The fourth-order valence-electron chi connectivity index (χ4n) is 3.59. The van der Waals surface area contributed by atoms with E-state index in [0.717, 1.165) is 3.79 Å². The summed E-state index contributed by atoms with van der Waals surface area (Å²) in [6.07, 6.45) is 1.01. The maximum Gasteiger partial charge on any atom is 0.332 e. The molecule has 28 heavy (non-hydrogen) atoms. The summed E-state index contributed by atoms with van der Waals surface area (Å²) < 4.78 is 28.0. The van der Waals surface area contributed by atoms with Crippen molar-refractivity contribution in [3.63, 3.8) is 0 Å². The lowest BCUT2D eigenvalue weighted by Crippen LogP contribution is -2.47. The van der Waals surface area contributed by atoms with Crippen LogP contribution in [0.25, 0.3) is 0 Å². The van der Waals surface area contributed by atoms with Crippen LogP contribution in [0.1, 0.15) is 12.8 Å². The maximum absolute atomic E-state index is 12.8. The van der Waals surface area contributed by atoms with Crippen molar-refractivity contribution in [3.05, 3.63) is 46.3 Å². The summed E-state index contributed by atoms with van der Waals surface area (Å²) in [6, 6.07) is 11.7. The molecule has 3 heterocycles. The number of halogens is 1. The summed E-state index contributed by atoms with van der Waals surface area (Å²) in [4.78, 5) is 28.0. The number of anilines is 1. The number of sulfonamides is 1. The normalized spacial score (nSPS) is 19.6. The van der Waals surface area contributed by atoms with Gasteiger partial charge in [-0.05, 0) is 53.0 Å². The molecule has 3 amide bonds. The third-order valence-corrected chi connectivity index (χ3v) is 9.00. The summed E-state index contributed by atoms with van der Waals surface area (Å²) in [5.74, 6) is -0.255. The van der Waals surface area contributed by atoms with Crippen molar-refractivity contribution in [3.8, 4) is 0 Å². The van der Waals surface area contributed by atoms with Crippen molar-refractivity contribution in [1.82, 2.24) is 9.21 Å². The Morgan fingerprint density at radius 1 is 1.00 bits per heavy atom. The summed E-state index contributed by atoms with van der Waals surface area (Å²) in [5, 5.41) is 0. The molecule has 0 unspecified atom stereocenters. The largest absolute Gasteiger partial charge is 0.332 e. The first kappa shape index (κ1) is 19.6. The lowest BCUT2D eigenvalue weighted by atomic mass is 10.1. The summed E-state index contributed by atoms with van der Waals surface area (Å²) >= 11 is 4.48. The molecular formula is C18H18BrN3O4S2. The van der Waals surface area contributed by atoms with E-state index in [-0.39, 0.29) is 24.5 Å². The van der Waals surface area contributed by atoms with Crippen LogP contribution in [0.2, 0.25) is 0 Å². The van der Waals surface area contributed by atoms with Crippen molar-refractivity contribution >= 4 is 54.9 Å². The molecule has 0 saturated carbocycles. The number of thiophene rings is 1. The zero-order valence-electron chi connectivity index (χ0n) is 14.8. The third kappa shape index (κ3) is 3.49. The van der Waals surface area contributed by atoms with Gasteiger partial charge in [0.05, 0.1) is 9.47 Å². The number of hydrogen-bond acceptors (Lipinski definition) is 5. The summed E-state index contributed by atoms with van der Waals surface area (Å²) in [6.45, 7) is 0.681. The van der Waals surface area contributed by atoms with Gasteiger partial charge in [-0.25, -0.2) is 18.1 Å². The Kier molecular flexibility index (Phi) is 5.30. The van der Waals surface area contributed by atoms with E-state index in [1.165, 1.54) is 20.5 Å². The molecule has 10 heteroatoms. The zero-order chi connectivity index (χ0) is 19.9.